The molecule has 0 saturated carbocycles. The summed E-state index contributed by atoms with van der Waals surface area (Å²) in [6, 6.07) is 6.09. The van der Waals surface area contributed by atoms with E-state index in [-0.39, 0.29) is 23.6 Å². The fraction of sp³-hybridized carbons (Fsp3) is 0.542. The molecule has 0 aliphatic carbocycles. The van der Waals surface area contributed by atoms with Crippen LogP contribution in [-0.2, 0) is 4.84 Å². The van der Waals surface area contributed by atoms with Gasteiger partial charge in [0.05, 0.1) is 17.2 Å². The predicted molar refractivity (Wildman–Crippen MR) is 126 cm³/mol. The molecule has 0 aromatic heterocycles. The first kappa shape index (κ1) is 26.1. The number of likely N-dealkylation sites (tertiary alicyclic amines) is 1. The van der Waals surface area contributed by atoms with E-state index in [4.69, 9.17) is 4.84 Å². The van der Waals surface area contributed by atoms with Crippen molar-refractivity contribution in [1.82, 2.24) is 14.9 Å². The first-order valence-corrected chi connectivity index (χ1v) is 11.4. The molecule has 0 radical (unpaired) electrons. The fourth-order valence-corrected chi connectivity index (χ4v) is 4.50. The van der Waals surface area contributed by atoms with E-state index in [1.807, 2.05) is 20.8 Å². The van der Waals surface area contributed by atoms with Crippen LogP contribution in [0.4, 0.5) is 9.59 Å². The highest BCUT2D eigenvalue weighted by Crippen LogP contribution is 2.36. The van der Waals surface area contributed by atoms with Gasteiger partial charge in [-0.3, -0.25) is 14.4 Å². The number of carbonyl (C=O) groups is 4. The van der Waals surface area contributed by atoms with Crippen LogP contribution in [0.3, 0.4) is 0 Å². The van der Waals surface area contributed by atoms with Gasteiger partial charge in [-0.1, -0.05) is 32.9 Å². The molecule has 3 rings (SSSR count). The van der Waals surface area contributed by atoms with Crippen molar-refractivity contribution in [2.45, 2.75) is 72.1 Å². The third-order valence-electron chi connectivity index (χ3n) is 6.08. The molecule has 0 spiro atoms. The highest BCUT2D eigenvalue weighted by atomic mass is 16.7. The lowest BCUT2D eigenvalue weighted by molar-refractivity contribution is -0.153. The lowest BCUT2D eigenvalue weighted by Gasteiger charge is -2.49. The molecule has 1 fully saturated rings. The number of piperidine rings is 1. The molecule has 4 amide bonds. The SMILES string of the molecule is CC(C)(C)C1CC(ON2C(=O)c3ccccc3C2=O)CCN1C(=NC(=O)O)N(C(=O)O)C(C)(C)C. The molecule has 2 unspecified atom stereocenters. The topological polar surface area (TPSA) is 140 Å². The van der Waals surface area contributed by atoms with Gasteiger partial charge >= 0.3 is 12.2 Å². The standard InChI is InChI=1S/C24H32N4O7/c1-23(2,3)17-13-14(35-28-18(29)15-9-7-8-10-16(15)19(28)30)11-12-26(17)20(25-21(31)32)27(22(33)34)24(4,5)6/h7-10,14,17H,11-13H2,1-6H3,(H,31,32)(H,33,34). The lowest BCUT2D eigenvalue weighted by Crippen LogP contribution is -2.62. The third-order valence-corrected chi connectivity index (χ3v) is 6.08. The van der Waals surface area contributed by atoms with E-state index in [1.165, 1.54) is 0 Å². The molecule has 11 nitrogen and oxygen atoms in total. The summed E-state index contributed by atoms with van der Waals surface area (Å²) in [4.78, 5) is 61.4. The molecule has 1 aromatic carbocycles. The Labute approximate surface area is 203 Å². The normalized spacial score (nSPS) is 21.3. The van der Waals surface area contributed by atoms with Gasteiger partial charge in [0.1, 0.15) is 0 Å². The van der Waals surface area contributed by atoms with Crippen LogP contribution in [0.5, 0.6) is 0 Å². The summed E-state index contributed by atoms with van der Waals surface area (Å²) in [5.41, 5.74) is -0.859. The Balaban J connectivity index is 1.91. The van der Waals surface area contributed by atoms with E-state index < -0.39 is 47.1 Å². The maximum atomic E-state index is 12.7. The van der Waals surface area contributed by atoms with Crippen LogP contribution < -0.4 is 0 Å². The van der Waals surface area contributed by atoms with E-state index in [0.29, 0.717) is 12.8 Å². The number of carboxylic acid groups (broad SMARTS) is 2. The summed E-state index contributed by atoms with van der Waals surface area (Å²) in [5.74, 6) is -1.24. The average molecular weight is 489 g/mol. The van der Waals surface area contributed by atoms with E-state index in [9.17, 15) is 29.4 Å². The van der Waals surface area contributed by atoms with Crippen molar-refractivity contribution in [2.24, 2.45) is 10.4 Å². The Morgan fingerprint density at radius 2 is 1.57 bits per heavy atom. The average Bonchev–Trinajstić information content (AvgIpc) is 2.96. The van der Waals surface area contributed by atoms with Gasteiger partial charge in [0.2, 0.25) is 5.96 Å². The lowest BCUT2D eigenvalue weighted by atomic mass is 9.79. The van der Waals surface area contributed by atoms with Crippen molar-refractivity contribution < 1.29 is 34.2 Å². The number of aliphatic imine (C=N–C) groups is 1. The highest BCUT2D eigenvalue weighted by molar-refractivity contribution is 6.20. The molecule has 190 valence electrons. The number of hydrogen-bond acceptors (Lipinski definition) is 5. The van der Waals surface area contributed by atoms with Gasteiger partial charge in [-0.15, -0.1) is 10.1 Å². The van der Waals surface area contributed by atoms with Gasteiger partial charge in [-0.05, 0) is 51.2 Å². The van der Waals surface area contributed by atoms with Crippen LogP contribution in [0.1, 0.15) is 75.1 Å². The number of amides is 4. The van der Waals surface area contributed by atoms with Gasteiger partial charge < -0.3 is 15.1 Å². The molecule has 2 aliphatic rings. The number of hydrogen-bond donors (Lipinski definition) is 2. The molecular formula is C24H32N4O7. The maximum absolute atomic E-state index is 12.7. The zero-order valence-corrected chi connectivity index (χ0v) is 20.8. The fourth-order valence-electron chi connectivity index (χ4n) is 4.50. The first-order valence-electron chi connectivity index (χ1n) is 11.4. The number of fused-ring (bicyclic) bond motifs is 1. The van der Waals surface area contributed by atoms with Crippen molar-refractivity contribution in [3.63, 3.8) is 0 Å². The largest absolute Gasteiger partial charge is 0.465 e. The molecule has 35 heavy (non-hydrogen) atoms. The molecule has 2 aliphatic heterocycles. The number of nitrogens with zero attached hydrogens (tertiary/aromatic N) is 4. The predicted octanol–water partition coefficient (Wildman–Crippen LogP) is 3.91. The maximum Gasteiger partial charge on any atom is 0.434 e. The number of carbonyl (C=O) groups excluding carboxylic acids is 2. The Morgan fingerprint density at radius 1 is 1.03 bits per heavy atom. The Hall–Kier alpha value is -3.47. The van der Waals surface area contributed by atoms with E-state index in [0.717, 1.165) is 9.96 Å². The van der Waals surface area contributed by atoms with Crippen LogP contribution in [0.25, 0.3) is 0 Å². The summed E-state index contributed by atoms with van der Waals surface area (Å²) < 4.78 is 0. The monoisotopic (exact) mass is 488 g/mol. The third kappa shape index (κ3) is 5.29. The van der Waals surface area contributed by atoms with Gasteiger partial charge in [0.15, 0.2) is 0 Å². The van der Waals surface area contributed by atoms with Crippen LogP contribution >= 0.6 is 0 Å². The molecule has 2 atom stereocenters. The van der Waals surface area contributed by atoms with Crippen molar-refractivity contribution in [3.8, 4) is 0 Å². The molecule has 1 saturated heterocycles. The summed E-state index contributed by atoms with van der Waals surface area (Å²) >= 11 is 0. The van der Waals surface area contributed by atoms with E-state index in [2.05, 4.69) is 4.99 Å². The summed E-state index contributed by atoms with van der Waals surface area (Å²) in [6.45, 7) is 11.0. The zero-order chi connectivity index (χ0) is 26.3. The molecule has 11 heteroatoms. The highest BCUT2D eigenvalue weighted by Gasteiger charge is 2.45. The van der Waals surface area contributed by atoms with Gasteiger partial charge in [0.25, 0.3) is 11.8 Å². The smallest absolute Gasteiger partial charge is 0.434 e. The first-order chi connectivity index (χ1) is 16.1. The molecule has 2 heterocycles. The summed E-state index contributed by atoms with van der Waals surface area (Å²) in [7, 11) is 0. The minimum Gasteiger partial charge on any atom is -0.465 e. The van der Waals surface area contributed by atoms with E-state index >= 15 is 0 Å². The van der Waals surface area contributed by atoms with Crippen LogP contribution in [-0.4, -0.2) is 79.3 Å². The molecule has 0 bridgehead atoms. The second-order valence-corrected chi connectivity index (χ2v) is 10.8. The second-order valence-electron chi connectivity index (χ2n) is 10.8. The number of hydroxylamine groups is 2. The van der Waals surface area contributed by atoms with Crippen molar-refractivity contribution >= 4 is 30.0 Å². The number of imide groups is 1. The minimum atomic E-state index is -1.51. The Kier molecular flexibility index (Phi) is 6.94. The summed E-state index contributed by atoms with van der Waals surface area (Å²) in [6.07, 6.45) is -2.73. The van der Waals surface area contributed by atoms with Crippen LogP contribution in [0.2, 0.25) is 0 Å². The second kappa shape index (κ2) is 9.29. The van der Waals surface area contributed by atoms with Crippen LogP contribution in [0.15, 0.2) is 29.3 Å². The van der Waals surface area contributed by atoms with E-state index in [1.54, 1.807) is 49.9 Å². The minimum absolute atomic E-state index is 0.184. The summed E-state index contributed by atoms with van der Waals surface area (Å²) in [5, 5.41) is 20.2. The molecule has 2 N–H and O–H groups in total. The number of guanidine groups is 1. The van der Waals surface area contributed by atoms with Crippen LogP contribution in [0, 0.1) is 5.41 Å². The number of rotatable bonds is 2. The molecular weight excluding hydrogens is 456 g/mol. The van der Waals surface area contributed by atoms with Crippen molar-refractivity contribution in [1.29, 1.82) is 0 Å². The molecule has 1 aromatic rings. The number of benzene rings is 1. The van der Waals surface area contributed by atoms with Gasteiger partial charge in [0, 0.05) is 18.1 Å². The van der Waals surface area contributed by atoms with Gasteiger partial charge in [-0.25, -0.2) is 14.5 Å². The van der Waals surface area contributed by atoms with Gasteiger partial charge in [-0.2, -0.15) is 0 Å². The Morgan fingerprint density at radius 3 is 2.00 bits per heavy atom. The van der Waals surface area contributed by atoms with Crippen molar-refractivity contribution in [3.05, 3.63) is 35.4 Å². The zero-order valence-electron chi connectivity index (χ0n) is 20.8. The Bertz CT molecular complexity index is 1040. The van der Waals surface area contributed by atoms with Crippen molar-refractivity contribution in [2.75, 3.05) is 6.54 Å². The quantitative estimate of drug-likeness (QED) is 0.363.